The first-order valence-electron chi connectivity index (χ1n) is 7.66. The number of fused-ring (bicyclic) bond motifs is 1. The Morgan fingerprint density at radius 1 is 1.15 bits per heavy atom. The van der Waals surface area contributed by atoms with Crippen LogP contribution in [0.5, 0.6) is 0 Å². The Labute approximate surface area is 121 Å². The molecule has 3 nitrogen and oxygen atoms in total. The molecule has 0 amide bonds. The van der Waals surface area contributed by atoms with Crippen LogP contribution in [0.1, 0.15) is 63.1 Å². The van der Waals surface area contributed by atoms with Gasteiger partial charge in [0, 0.05) is 10.8 Å². The van der Waals surface area contributed by atoms with Crippen molar-refractivity contribution in [1.82, 2.24) is 10.2 Å². The van der Waals surface area contributed by atoms with Crippen LogP contribution in [0.15, 0.2) is 18.2 Å². The van der Waals surface area contributed by atoms with Crippen LogP contribution in [0.25, 0.3) is 10.8 Å². The average molecular weight is 271 g/mol. The van der Waals surface area contributed by atoms with Gasteiger partial charge in [0.15, 0.2) is 5.82 Å². The molecule has 0 fully saturated rings. The first kappa shape index (κ1) is 14.8. The fourth-order valence-electron chi connectivity index (χ4n) is 2.86. The van der Waals surface area contributed by atoms with Gasteiger partial charge in [-0.1, -0.05) is 57.7 Å². The number of aryl methyl sites for hydroxylation is 1. The molecule has 1 heterocycles. The predicted molar refractivity (Wildman–Crippen MR) is 85.9 cm³/mol. The summed E-state index contributed by atoms with van der Waals surface area (Å²) in [5, 5.41) is 10.4. The molecule has 2 rings (SSSR count). The molecule has 108 valence electrons. The minimum Gasteiger partial charge on any atom is -0.382 e. The molecule has 0 aliphatic carbocycles. The molecule has 3 heteroatoms. The lowest BCUT2D eigenvalue weighted by molar-refractivity contribution is 0.582. The van der Waals surface area contributed by atoms with Gasteiger partial charge in [0.05, 0.1) is 5.69 Å². The molecule has 0 aliphatic rings. The number of rotatable bonds is 6. The van der Waals surface area contributed by atoms with Gasteiger partial charge in [0.25, 0.3) is 0 Å². The SMILES string of the molecule is CCCCCCC(C)c1cccc2c(N)nnc(C)c12. The van der Waals surface area contributed by atoms with Gasteiger partial charge in [0.1, 0.15) is 0 Å². The number of benzene rings is 1. The number of nitrogens with zero attached hydrogens (tertiary/aromatic N) is 2. The van der Waals surface area contributed by atoms with Crippen molar-refractivity contribution in [1.29, 1.82) is 0 Å². The van der Waals surface area contributed by atoms with Crippen molar-refractivity contribution in [2.75, 3.05) is 5.73 Å². The molecule has 2 N–H and O–H groups in total. The van der Waals surface area contributed by atoms with E-state index in [2.05, 4.69) is 36.2 Å². The lowest BCUT2D eigenvalue weighted by atomic mass is 9.90. The van der Waals surface area contributed by atoms with Gasteiger partial charge in [0.2, 0.25) is 0 Å². The second-order valence-corrected chi connectivity index (χ2v) is 5.69. The van der Waals surface area contributed by atoms with Gasteiger partial charge < -0.3 is 5.73 Å². The van der Waals surface area contributed by atoms with Crippen LogP contribution in [0, 0.1) is 6.92 Å². The van der Waals surface area contributed by atoms with Crippen molar-refractivity contribution in [2.45, 2.75) is 58.8 Å². The number of anilines is 1. The second kappa shape index (κ2) is 6.69. The maximum absolute atomic E-state index is 5.96. The quantitative estimate of drug-likeness (QED) is 0.781. The zero-order valence-corrected chi connectivity index (χ0v) is 12.8. The van der Waals surface area contributed by atoms with E-state index in [0.717, 1.165) is 11.1 Å². The fourth-order valence-corrected chi connectivity index (χ4v) is 2.86. The van der Waals surface area contributed by atoms with Gasteiger partial charge in [-0.2, -0.15) is 5.10 Å². The minimum atomic E-state index is 0.533. The van der Waals surface area contributed by atoms with Gasteiger partial charge in [-0.25, -0.2) is 0 Å². The van der Waals surface area contributed by atoms with Crippen molar-refractivity contribution in [3.63, 3.8) is 0 Å². The summed E-state index contributed by atoms with van der Waals surface area (Å²) in [7, 11) is 0. The summed E-state index contributed by atoms with van der Waals surface area (Å²) in [5.41, 5.74) is 8.30. The number of hydrogen-bond donors (Lipinski definition) is 1. The molecule has 1 aromatic heterocycles. The molecule has 0 saturated carbocycles. The fraction of sp³-hybridized carbons (Fsp3) is 0.529. The smallest absolute Gasteiger partial charge is 0.154 e. The van der Waals surface area contributed by atoms with Gasteiger partial charge in [-0.3, -0.25) is 0 Å². The largest absolute Gasteiger partial charge is 0.382 e. The molecule has 20 heavy (non-hydrogen) atoms. The van der Waals surface area contributed by atoms with Crippen LogP contribution in [0.4, 0.5) is 5.82 Å². The topological polar surface area (TPSA) is 51.8 Å². The normalized spacial score (nSPS) is 12.8. The number of hydrogen-bond acceptors (Lipinski definition) is 3. The molecule has 0 radical (unpaired) electrons. The van der Waals surface area contributed by atoms with E-state index in [1.54, 1.807) is 0 Å². The van der Waals surface area contributed by atoms with E-state index >= 15 is 0 Å². The molecular weight excluding hydrogens is 246 g/mol. The first-order chi connectivity index (χ1) is 9.65. The summed E-state index contributed by atoms with van der Waals surface area (Å²) in [5.74, 6) is 1.07. The van der Waals surface area contributed by atoms with Crippen molar-refractivity contribution < 1.29 is 0 Å². The number of unbranched alkanes of at least 4 members (excludes halogenated alkanes) is 3. The summed E-state index contributed by atoms with van der Waals surface area (Å²) in [4.78, 5) is 0. The second-order valence-electron chi connectivity index (χ2n) is 5.69. The standard InChI is InChI=1S/C17H25N3/c1-4-5-6-7-9-12(2)14-10-8-11-15-16(14)13(3)19-20-17(15)18/h8,10-12H,4-7,9H2,1-3H3,(H2,18,20). The number of nitrogens with two attached hydrogens (primary N) is 1. The Balaban J connectivity index is 2.27. The zero-order chi connectivity index (χ0) is 14.5. The third kappa shape index (κ3) is 3.09. The Morgan fingerprint density at radius 3 is 2.70 bits per heavy atom. The highest BCUT2D eigenvalue weighted by Gasteiger charge is 2.13. The lowest BCUT2D eigenvalue weighted by Gasteiger charge is -2.16. The van der Waals surface area contributed by atoms with Crippen LogP contribution >= 0.6 is 0 Å². The van der Waals surface area contributed by atoms with E-state index in [4.69, 9.17) is 5.73 Å². The van der Waals surface area contributed by atoms with E-state index in [0.29, 0.717) is 11.7 Å². The molecule has 0 saturated heterocycles. The zero-order valence-electron chi connectivity index (χ0n) is 12.8. The van der Waals surface area contributed by atoms with Crippen LogP contribution in [0.2, 0.25) is 0 Å². The number of aromatic nitrogens is 2. The van der Waals surface area contributed by atoms with Crippen molar-refractivity contribution >= 4 is 16.6 Å². The van der Waals surface area contributed by atoms with Gasteiger partial charge in [-0.05, 0) is 24.8 Å². The van der Waals surface area contributed by atoms with Crippen LogP contribution in [-0.2, 0) is 0 Å². The van der Waals surface area contributed by atoms with E-state index in [9.17, 15) is 0 Å². The van der Waals surface area contributed by atoms with Crippen molar-refractivity contribution in [3.8, 4) is 0 Å². The van der Waals surface area contributed by atoms with Gasteiger partial charge >= 0.3 is 0 Å². The maximum atomic E-state index is 5.96. The Bertz CT molecular complexity index is 578. The first-order valence-corrected chi connectivity index (χ1v) is 7.66. The van der Waals surface area contributed by atoms with E-state index in [1.807, 2.05) is 13.0 Å². The Hall–Kier alpha value is -1.64. The molecule has 1 aromatic carbocycles. The third-order valence-electron chi connectivity index (χ3n) is 4.06. The highest BCUT2D eigenvalue weighted by atomic mass is 15.1. The lowest BCUT2D eigenvalue weighted by Crippen LogP contribution is -2.02. The summed E-state index contributed by atoms with van der Waals surface area (Å²) in [6.07, 6.45) is 6.46. The average Bonchev–Trinajstić information content (AvgIpc) is 2.47. The van der Waals surface area contributed by atoms with Crippen LogP contribution in [0.3, 0.4) is 0 Å². The van der Waals surface area contributed by atoms with Crippen molar-refractivity contribution in [2.24, 2.45) is 0 Å². The predicted octanol–water partition coefficient (Wildman–Crippen LogP) is 4.59. The Morgan fingerprint density at radius 2 is 1.95 bits per heavy atom. The molecule has 2 aromatic rings. The van der Waals surface area contributed by atoms with Crippen LogP contribution in [-0.4, -0.2) is 10.2 Å². The van der Waals surface area contributed by atoms with Crippen molar-refractivity contribution in [3.05, 3.63) is 29.5 Å². The summed E-state index contributed by atoms with van der Waals surface area (Å²) in [6, 6.07) is 6.33. The maximum Gasteiger partial charge on any atom is 0.154 e. The summed E-state index contributed by atoms with van der Waals surface area (Å²) < 4.78 is 0. The monoisotopic (exact) mass is 271 g/mol. The molecule has 0 bridgehead atoms. The molecule has 1 unspecified atom stereocenters. The van der Waals surface area contributed by atoms with E-state index < -0.39 is 0 Å². The minimum absolute atomic E-state index is 0.533. The molecule has 1 atom stereocenters. The number of nitrogen functional groups attached to an aromatic ring is 1. The summed E-state index contributed by atoms with van der Waals surface area (Å²) in [6.45, 7) is 6.57. The van der Waals surface area contributed by atoms with E-state index in [1.165, 1.54) is 43.1 Å². The molecular formula is C17H25N3. The Kier molecular flexibility index (Phi) is 4.94. The molecule has 0 aliphatic heterocycles. The highest BCUT2D eigenvalue weighted by Crippen LogP contribution is 2.32. The molecule has 0 spiro atoms. The highest BCUT2D eigenvalue weighted by molar-refractivity contribution is 5.94. The third-order valence-corrected chi connectivity index (χ3v) is 4.06. The summed E-state index contributed by atoms with van der Waals surface area (Å²) >= 11 is 0. The van der Waals surface area contributed by atoms with Crippen LogP contribution < -0.4 is 5.73 Å². The van der Waals surface area contributed by atoms with E-state index in [-0.39, 0.29) is 0 Å². The van der Waals surface area contributed by atoms with Gasteiger partial charge in [-0.15, -0.1) is 5.10 Å².